The van der Waals surface area contributed by atoms with Crippen molar-refractivity contribution in [2.24, 2.45) is 0 Å². The van der Waals surface area contributed by atoms with Crippen LogP contribution in [0.3, 0.4) is 0 Å². The highest BCUT2D eigenvalue weighted by atomic mass is 16.5. The third-order valence-electron chi connectivity index (χ3n) is 2.02. The first-order valence-electron chi connectivity index (χ1n) is 5.24. The second kappa shape index (κ2) is 8.60. The van der Waals surface area contributed by atoms with Gasteiger partial charge in [-0.1, -0.05) is 19.1 Å². The van der Waals surface area contributed by atoms with Crippen LogP contribution in [0.4, 0.5) is 4.79 Å². The number of rotatable bonds is 6. The summed E-state index contributed by atoms with van der Waals surface area (Å²) in [6.45, 7) is 5.56. The van der Waals surface area contributed by atoms with Crippen LogP contribution in [0, 0.1) is 0 Å². The molecule has 3 nitrogen and oxygen atoms in total. The number of ether oxygens (including phenoxy) is 1. The molecule has 3 heteroatoms. The molecular formula is C11H21NO2. The minimum atomic E-state index is -0.230. The molecular weight excluding hydrogens is 178 g/mol. The normalized spacial score (nSPS) is 10.5. The van der Waals surface area contributed by atoms with E-state index in [2.05, 4.69) is 23.8 Å². The van der Waals surface area contributed by atoms with Gasteiger partial charge in [0.15, 0.2) is 0 Å². The van der Waals surface area contributed by atoms with Gasteiger partial charge in [-0.05, 0) is 26.2 Å². The van der Waals surface area contributed by atoms with E-state index in [0.717, 1.165) is 25.8 Å². The number of hydrogen-bond donors (Lipinski definition) is 0. The lowest BCUT2D eigenvalue weighted by Gasteiger charge is -2.18. The summed E-state index contributed by atoms with van der Waals surface area (Å²) >= 11 is 0. The molecule has 0 aliphatic rings. The number of amides is 1. The number of unbranched alkanes of at least 4 members (excludes halogenated alkanes) is 1. The monoisotopic (exact) mass is 199 g/mol. The van der Waals surface area contributed by atoms with Crippen molar-refractivity contribution in [3.8, 4) is 0 Å². The SMILES string of the molecule is CC/C=C\CCCN(CC)C(=O)OC. The van der Waals surface area contributed by atoms with E-state index >= 15 is 0 Å². The predicted octanol–water partition coefficient (Wildman–Crippen LogP) is 2.82. The van der Waals surface area contributed by atoms with Crippen LogP contribution >= 0.6 is 0 Å². The summed E-state index contributed by atoms with van der Waals surface area (Å²) in [6, 6.07) is 0. The first-order chi connectivity index (χ1) is 6.76. The molecule has 0 heterocycles. The average molecular weight is 199 g/mol. The molecule has 0 saturated carbocycles. The van der Waals surface area contributed by atoms with Gasteiger partial charge in [0.25, 0.3) is 0 Å². The largest absolute Gasteiger partial charge is 0.453 e. The van der Waals surface area contributed by atoms with Gasteiger partial charge in [0.1, 0.15) is 0 Å². The lowest BCUT2D eigenvalue weighted by atomic mass is 10.2. The highest BCUT2D eigenvalue weighted by Crippen LogP contribution is 1.99. The molecule has 0 aliphatic carbocycles. The molecule has 0 rings (SSSR count). The van der Waals surface area contributed by atoms with Crippen LogP contribution in [0.25, 0.3) is 0 Å². The number of carbonyl (C=O) groups is 1. The van der Waals surface area contributed by atoms with E-state index < -0.39 is 0 Å². The van der Waals surface area contributed by atoms with Crippen LogP contribution in [0.15, 0.2) is 12.2 Å². The van der Waals surface area contributed by atoms with Gasteiger partial charge >= 0.3 is 6.09 Å². The molecule has 0 spiro atoms. The van der Waals surface area contributed by atoms with E-state index in [0.29, 0.717) is 6.54 Å². The predicted molar refractivity (Wildman–Crippen MR) is 58.3 cm³/mol. The molecule has 14 heavy (non-hydrogen) atoms. The molecule has 1 amide bonds. The summed E-state index contributed by atoms with van der Waals surface area (Å²) in [5, 5.41) is 0. The van der Waals surface area contributed by atoms with Gasteiger partial charge in [-0.15, -0.1) is 0 Å². The lowest BCUT2D eigenvalue weighted by Crippen LogP contribution is -2.31. The second-order valence-corrected chi connectivity index (χ2v) is 3.07. The van der Waals surface area contributed by atoms with Gasteiger partial charge in [0, 0.05) is 13.1 Å². The average Bonchev–Trinajstić information content (AvgIpc) is 2.22. The van der Waals surface area contributed by atoms with Crippen molar-refractivity contribution >= 4 is 6.09 Å². The maximum absolute atomic E-state index is 11.1. The van der Waals surface area contributed by atoms with Crippen molar-refractivity contribution in [2.45, 2.75) is 33.1 Å². The molecule has 0 radical (unpaired) electrons. The Kier molecular flexibility index (Phi) is 7.99. The zero-order valence-electron chi connectivity index (χ0n) is 9.45. The fourth-order valence-corrected chi connectivity index (χ4v) is 1.19. The fourth-order valence-electron chi connectivity index (χ4n) is 1.19. The molecule has 0 N–H and O–H groups in total. The van der Waals surface area contributed by atoms with E-state index in [1.807, 2.05) is 6.92 Å². The standard InChI is InChI=1S/C11H21NO2/c1-4-6-7-8-9-10-12(5-2)11(13)14-3/h6-7H,4-5,8-10H2,1-3H3/b7-6-. The van der Waals surface area contributed by atoms with Gasteiger partial charge in [0.2, 0.25) is 0 Å². The molecule has 0 saturated heterocycles. The summed E-state index contributed by atoms with van der Waals surface area (Å²) in [4.78, 5) is 12.9. The van der Waals surface area contributed by atoms with Crippen LogP contribution < -0.4 is 0 Å². The zero-order valence-corrected chi connectivity index (χ0v) is 9.45. The highest BCUT2D eigenvalue weighted by Gasteiger charge is 2.09. The summed E-state index contributed by atoms with van der Waals surface area (Å²) in [7, 11) is 1.42. The number of hydrogen-bond acceptors (Lipinski definition) is 2. The first-order valence-corrected chi connectivity index (χ1v) is 5.24. The van der Waals surface area contributed by atoms with Crippen LogP contribution in [0.1, 0.15) is 33.1 Å². The molecule has 0 aliphatic heterocycles. The Hall–Kier alpha value is -0.990. The fraction of sp³-hybridized carbons (Fsp3) is 0.727. The van der Waals surface area contributed by atoms with Crippen molar-refractivity contribution in [1.82, 2.24) is 4.90 Å². The first kappa shape index (κ1) is 13.0. The van der Waals surface area contributed by atoms with Crippen molar-refractivity contribution in [2.75, 3.05) is 20.2 Å². The van der Waals surface area contributed by atoms with Crippen molar-refractivity contribution < 1.29 is 9.53 Å². The van der Waals surface area contributed by atoms with Crippen LogP contribution in [0.2, 0.25) is 0 Å². The quantitative estimate of drug-likeness (QED) is 0.486. The van der Waals surface area contributed by atoms with E-state index in [1.54, 1.807) is 4.90 Å². The van der Waals surface area contributed by atoms with Gasteiger partial charge in [0.05, 0.1) is 7.11 Å². The number of carbonyl (C=O) groups excluding carboxylic acids is 1. The molecule has 0 unspecified atom stereocenters. The molecule has 0 aromatic heterocycles. The molecule has 0 fully saturated rings. The highest BCUT2D eigenvalue weighted by molar-refractivity contribution is 5.67. The number of allylic oxidation sites excluding steroid dienone is 2. The summed E-state index contributed by atoms with van der Waals surface area (Å²) < 4.78 is 4.65. The van der Waals surface area contributed by atoms with Crippen LogP contribution in [0.5, 0.6) is 0 Å². The Balaban J connectivity index is 3.62. The van der Waals surface area contributed by atoms with Gasteiger partial charge in [-0.3, -0.25) is 0 Å². The van der Waals surface area contributed by atoms with E-state index in [-0.39, 0.29) is 6.09 Å². The number of nitrogens with zero attached hydrogens (tertiary/aromatic N) is 1. The van der Waals surface area contributed by atoms with Crippen molar-refractivity contribution in [3.63, 3.8) is 0 Å². The van der Waals surface area contributed by atoms with Crippen LogP contribution in [-0.4, -0.2) is 31.2 Å². The minimum Gasteiger partial charge on any atom is -0.453 e. The molecule has 0 atom stereocenters. The smallest absolute Gasteiger partial charge is 0.409 e. The summed E-state index contributed by atoms with van der Waals surface area (Å²) in [5.74, 6) is 0. The Bertz CT molecular complexity index is 178. The van der Waals surface area contributed by atoms with Crippen LogP contribution in [-0.2, 0) is 4.74 Å². The topological polar surface area (TPSA) is 29.5 Å². The number of methoxy groups -OCH3 is 1. The summed E-state index contributed by atoms with van der Waals surface area (Å²) in [5.41, 5.74) is 0. The lowest BCUT2D eigenvalue weighted by molar-refractivity contribution is 0.125. The Morgan fingerprint density at radius 3 is 2.57 bits per heavy atom. The van der Waals surface area contributed by atoms with Crippen molar-refractivity contribution in [1.29, 1.82) is 0 Å². The van der Waals surface area contributed by atoms with Gasteiger partial charge in [-0.25, -0.2) is 4.79 Å². The maximum Gasteiger partial charge on any atom is 0.409 e. The molecule has 0 bridgehead atoms. The van der Waals surface area contributed by atoms with Gasteiger partial charge in [-0.2, -0.15) is 0 Å². The van der Waals surface area contributed by atoms with Gasteiger partial charge < -0.3 is 9.64 Å². The van der Waals surface area contributed by atoms with E-state index in [9.17, 15) is 4.79 Å². The maximum atomic E-state index is 11.1. The zero-order chi connectivity index (χ0) is 10.8. The molecule has 0 aromatic carbocycles. The van der Waals surface area contributed by atoms with E-state index in [1.165, 1.54) is 7.11 Å². The summed E-state index contributed by atoms with van der Waals surface area (Å²) in [6.07, 6.45) is 7.18. The Morgan fingerprint density at radius 1 is 1.36 bits per heavy atom. The molecule has 0 aromatic rings. The molecule has 82 valence electrons. The third kappa shape index (κ3) is 5.62. The Labute approximate surface area is 86.7 Å². The Morgan fingerprint density at radius 2 is 2.07 bits per heavy atom. The van der Waals surface area contributed by atoms with Crippen molar-refractivity contribution in [3.05, 3.63) is 12.2 Å². The third-order valence-corrected chi connectivity index (χ3v) is 2.02. The second-order valence-electron chi connectivity index (χ2n) is 3.07. The minimum absolute atomic E-state index is 0.230. The van der Waals surface area contributed by atoms with E-state index in [4.69, 9.17) is 0 Å².